The average molecular weight is 530 g/mol. The van der Waals surface area contributed by atoms with Gasteiger partial charge >= 0.3 is 0 Å². The van der Waals surface area contributed by atoms with Crippen LogP contribution < -0.4 is 5.32 Å². The summed E-state index contributed by atoms with van der Waals surface area (Å²) in [6, 6.07) is 16.5. The lowest BCUT2D eigenvalue weighted by atomic mass is 10.2. The molecule has 1 N–H and O–H groups in total. The van der Waals surface area contributed by atoms with Crippen molar-refractivity contribution in [3.63, 3.8) is 0 Å². The molecule has 1 saturated heterocycles. The van der Waals surface area contributed by atoms with Crippen molar-refractivity contribution >= 4 is 41.7 Å². The van der Waals surface area contributed by atoms with Crippen molar-refractivity contribution in [2.24, 2.45) is 4.99 Å². The van der Waals surface area contributed by atoms with E-state index >= 15 is 0 Å². The summed E-state index contributed by atoms with van der Waals surface area (Å²) in [4.78, 5) is 14.0. The first kappa shape index (κ1) is 23.3. The summed E-state index contributed by atoms with van der Waals surface area (Å²) in [6.45, 7) is 5.90. The largest absolute Gasteiger partial charge is 0.356 e. The van der Waals surface area contributed by atoms with Crippen LogP contribution in [-0.2, 0) is 6.42 Å². The summed E-state index contributed by atoms with van der Waals surface area (Å²) < 4.78 is 2.07. The topological polar surface area (TPSA) is 48.2 Å². The van der Waals surface area contributed by atoms with Crippen LogP contribution >= 0.6 is 24.0 Å². The molecule has 6 nitrogen and oxygen atoms in total. The number of nitrogens with zero attached hydrogens (tertiary/aromatic N) is 5. The fourth-order valence-corrected chi connectivity index (χ4v) is 3.79. The second kappa shape index (κ2) is 11.9. The van der Waals surface area contributed by atoms with E-state index in [9.17, 15) is 0 Å². The molecule has 3 heterocycles. The van der Waals surface area contributed by atoms with E-state index in [4.69, 9.17) is 0 Å². The van der Waals surface area contributed by atoms with Gasteiger partial charge in [0.2, 0.25) is 0 Å². The number of benzene rings is 1. The fourth-order valence-electron chi connectivity index (χ4n) is 3.79. The molecule has 7 heteroatoms. The molecule has 1 aliphatic rings. The van der Waals surface area contributed by atoms with E-state index in [1.165, 1.54) is 5.56 Å². The second-order valence-corrected chi connectivity index (χ2v) is 7.52. The molecule has 0 atom stereocenters. The third-order valence-electron chi connectivity index (χ3n) is 5.44. The van der Waals surface area contributed by atoms with E-state index < -0.39 is 0 Å². The lowest BCUT2D eigenvalue weighted by Gasteiger charge is -2.36. The highest BCUT2D eigenvalue weighted by Crippen LogP contribution is 2.06. The SMILES string of the molecule is CN=C(NCCc1cn2ccccc2n1)N1CCN(C/C=C/c2ccccc2)CC1.I. The van der Waals surface area contributed by atoms with Crippen LogP contribution in [0.2, 0.25) is 0 Å². The normalized spacial score (nSPS) is 15.4. The Hall–Kier alpha value is -2.39. The number of aliphatic imine (C=N–C) groups is 1. The van der Waals surface area contributed by atoms with Gasteiger partial charge in [-0.3, -0.25) is 9.89 Å². The zero-order valence-electron chi connectivity index (χ0n) is 18.0. The Labute approximate surface area is 201 Å². The molecule has 164 valence electrons. The number of guanidine groups is 1. The number of fused-ring (bicyclic) bond motifs is 1. The molecule has 0 amide bonds. The Kier molecular flexibility index (Phi) is 8.90. The lowest BCUT2D eigenvalue weighted by molar-refractivity contribution is 0.194. The van der Waals surface area contributed by atoms with Crippen molar-refractivity contribution < 1.29 is 0 Å². The van der Waals surface area contributed by atoms with Gasteiger partial charge in [-0.25, -0.2) is 4.98 Å². The number of piperazine rings is 1. The molecule has 0 unspecified atom stereocenters. The number of halogens is 1. The highest BCUT2D eigenvalue weighted by atomic mass is 127. The molecule has 0 spiro atoms. The molecule has 0 radical (unpaired) electrons. The fraction of sp³-hybridized carbons (Fsp3) is 0.333. The maximum absolute atomic E-state index is 4.66. The Bertz CT molecular complexity index is 956. The van der Waals surface area contributed by atoms with Gasteiger partial charge in [0.05, 0.1) is 5.69 Å². The molecule has 1 aliphatic heterocycles. The first-order chi connectivity index (χ1) is 14.8. The monoisotopic (exact) mass is 530 g/mol. The highest BCUT2D eigenvalue weighted by Gasteiger charge is 2.18. The predicted molar refractivity (Wildman–Crippen MR) is 139 cm³/mol. The van der Waals surface area contributed by atoms with Crippen LogP contribution in [0.5, 0.6) is 0 Å². The van der Waals surface area contributed by atoms with Gasteiger partial charge in [-0.2, -0.15) is 0 Å². The zero-order valence-corrected chi connectivity index (χ0v) is 20.4. The summed E-state index contributed by atoms with van der Waals surface area (Å²) >= 11 is 0. The van der Waals surface area contributed by atoms with Crippen LogP contribution in [0.15, 0.2) is 72.0 Å². The quantitative estimate of drug-likeness (QED) is 0.302. The molecule has 1 fully saturated rings. The number of hydrogen-bond acceptors (Lipinski definition) is 3. The van der Waals surface area contributed by atoms with Gasteiger partial charge in [-0.15, -0.1) is 24.0 Å². The zero-order chi connectivity index (χ0) is 20.6. The Balaban J connectivity index is 0.00000272. The molecule has 4 rings (SSSR count). The average Bonchev–Trinajstić information content (AvgIpc) is 3.21. The Morgan fingerprint density at radius 2 is 1.84 bits per heavy atom. The molecular weight excluding hydrogens is 499 g/mol. The standard InChI is InChI=1S/C24H30N6.HI/c1-25-24(26-13-12-22-20-30-15-6-5-11-23(30)27-22)29-18-16-28(17-19-29)14-7-10-21-8-3-2-4-9-21;/h2-11,15,20H,12-14,16-19H2,1H3,(H,25,26);1H/b10-7+;. The molecule has 0 saturated carbocycles. The minimum Gasteiger partial charge on any atom is -0.356 e. The van der Waals surface area contributed by atoms with Gasteiger partial charge in [-0.1, -0.05) is 48.6 Å². The molecule has 1 aromatic carbocycles. The van der Waals surface area contributed by atoms with Gasteiger partial charge in [0.15, 0.2) is 5.96 Å². The van der Waals surface area contributed by atoms with E-state index in [0.717, 1.165) is 63.0 Å². The summed E-state index contributed by atoms with van der Waals surface area (Å²) in [5, 5.41) is 3.51. The van der Waals surface area contributed by atoms with Gasteiger partial charge in [0, 0.05) is 65.1 Å². The van der Waals surface area contributed by atoms with E-state index in [1.807, 2.05) is 31.4 Å². The van der Waals surface area contributed by atoms with E-state index in [0.29, 0.717) is 0 Å². The van der Waals surface area contributed by atoms with Crippen molar-refractivity contribution in [3.05, 3.63) is 78.3 Å². The first-order valence-corrected chi connectivity index (χ1v) is 10.6. The molecule has 31 heavy (non-hydrogen) atoms. The molecular formula is C24H31IN6. The maximum Gasteiger partial charge on any atom is 0.193 e. The van der Waals surface area contributed by atoms with E-state index in [-0.39, 0.29) is 24.0 Å². The van der Waals surface area contributed by atoms with Crippen LogP contribution in [0, 0.1) is 0 Å². The summed E-state index contributed by atoms with van der Waals surface area (Å²) in [7, 11) is 1.86. The summed E-state index contributed by atoms with van der Waals surface area (Å²) in [5.41, 5.74) is 3.35. The number of hydrogen-bond donors (Lipinski definition) is 1. The van der Waals surface area contributed by atoms with E-state index in [1.54, 1.807) is 0 Å². The number of imidazole rings is 1. The second-order valence-electron chi connectivity index (χ2n) is 7.52. The minimum atomic E-state index is 0. The number of rotatable bonds is 6. The summed E-state index contributed by atoms with van der Waals surface area (Å²) in [5.74, 6) is 0.984. The number of pyridine rings is 1. The summed E-state index contributed by atoms with van der Waals surface area (Å²) in [6.07, 6.45) is 9.47. The number of aromatic nitrogens is 2. The van der Waals surface area contributed by atoms with E-state index in [2.05, 4.69) is 78.2 Å². The van der Waals surface area contributed by atoms with Crippen molar-refractivity contribution in [3.8, 4) is 0 Å². The van der Waals surface area contributed by atoms with Crippen molar-refractivity contribution in [1.82, 2.24) is 24.5 Å². The van der Waals surface area contributed by atoms with Crippen LogP contribution in [0.4, 0.5) is 0 Å². The molecule has 2 aromatic heterocycles. The third kappa shape index (κ3) is 6.54. The van der Waals surface area contributed by atoms with Crippen LogP contribution in [0.25, 0.3) is 11.7 Å². The van der Waals surface area contributed by atoms with Crippen LogP contribution in [-0.4, -0.2) is 71.5 Å². The third-order valence-corrected chi connectivity index (χ3v) is 5.44. The number of nitrogens with one attached hydrogen (secondary N) is 1. The van der Waals surface area contributed by atoms with Gasteiger partial charge in [-0.05, 0) is 17.7 Å². The minimum absolute atomic E-state index is 0. The lowest BCUT2D eigenvalue weighted by Crippen LogP contribution is -2.52. The van der Waals surface area contributed by atoms with Gasteiger partial charge in [0.1, 0.15) is 5.65 Å². The Morgan fingerprint density at radius 3 is 2.58 bits per heavy atom. The van der Waals surface area contributed by atoms with Crippen molar-refractivity contribution in [2.45, 2.75) is 6.42 Å². The Morgan fingerprint density at radius 1 is 1.06 bits per heavy atom. The predicted octanol–water partition coefficient (Wildman–Crippen LogP) is 3.40. The molecule has 0 bridgehead atoms. The highest BCUT2D eigenvalue weighted by molar-refractivity contribution is 14.0. The van der Waals surface area contributed by atoms with Crippen LogP contribution in [0.1, 0.15) is 11.3 Å². The molecule has 3 aromatic rings. The molecule has 0 aliphatic carbocycles. The van der Waals surface area contributed by atoms with Crippen molar-refractivity contribution in [1.29, 1.82) is 0 Å². The van der Waals surface area contributed by atoms with Crippen molar-refractivity contribution in [2.75, 3.05) is 46.3 Å². The first-order valence-electron chi connectivity index (χ1n) is 10.6. The smallest absolute Gasteiger partial charge is 0.193 e. The van der Waals surface area contributed by atoms with Crippen LogP contribution in [0.3, 0.4) is 0 Å². The maximum atomic E-state index is 4.66. The van der Waals surface area contributed by atoms with Gasteiger partial charge in [0.25, 0.3) is 0 Å². The van der Waals surface area contributed by atoms with Gasteiger partial charge < -0.3 is 14.6 Å².